The number of hydrogen-bond donors (Lipinski definition) is 3. The van der Waals surface area contributed by atoms with Crippen LogP contribution < -0.4 is 0 Å². The van der Waals surface area contributed by atoms with Crippen molar-refractivity contribution in [3.63, 3.8) is 0 Å². The van der Waals surface area contributed by atoms with Gasteiger partial charge in [-0.25, -0.2) is 4.79 Å². The van der Waals surface area contributed by atoms with Gasteiger partial charge in [0, 0.05) is 0 Å². The second-order valence-electron chi connectivity index (χ2n) is 2.22. The van der Waals surface area contributed by atoms with Crippen LogP contribution in [0.5, 0.6) is 0 Å². The molecule has 0 aromatic carbocycles. The molecule has 8 nitrogen and oxygen atoms in total. The van der Waals surface area contributed by atoms with Crippen LogP contribution in [0.15, 0.2) is 0 Å². The molecule has 0 spiro atoms. The van der Waals surface area contributed by atoms with Crippen LogP contribution in [-0.4, -0.2) is 53.6 Å². The highest BCUT2D eigenvalue weighted by molar-refractivity contribution is 7.86. The van der Waals surface area contributed by atoms with Crippen molar-refractivity contribution in [2.75, 3.05) is 12.4 Å². The predicted octanol–water partition coefficient (Wildman–Crippen LogP) is -2.70. The van der Waals surface area contributed by atoms with Crippen LogP contribution >= 0.6 is 0 Å². The summed E-state index contributed by atoms with van der Waals surface area (Å²) in [6.45, 7) is -0.960. The zero-order chi connectivity index (χ0) is 11.4. The molecule has 0 fully saturated rings. The van der Waals surface area contributed by atoms with Crippen LogP contribution in [0.25, 0.3) is 0 Å². The molecule has 0 aliphatic carbocycles. The molecule has 1 unspecified atom stereocenters. The van der Waals surface area contributed by atoms with Crippen molar-refractivity contribution in [3.8, 4) is 0 Å². The molecule has 0 rings (SSSR count). The Morgan fingerprint density at radius 3 is 2.21 bits per heavy atom. The summed E-state index contributed by atoms with van der Waals surface area (Å²) in [5.41, 5.74) is 0. The average molecular weight is 228 g/mol. The summed E-state index contributed by atoms with van der Waals surface area (Å²) in [5, 5.41) is 16.8. The molecular weight excluding hydrogens is 220 g/mol. The fourth-order valence-electron chi connectivity index (χ4n) is 0.433. The Bertz CT molecular complexity index is 317. The van der Waals surface area contributed by atoms with Gasteiger partial charge in [-0.1, -0.05) is 0 Å². The topological polar surface area (TPSA) is 138 Å². The van der Waals surface area contributed by atoms with Crippen molar-refractivity contribution in [1.82, 2.24) is 0 Å². The second kappa shape index (κ2) is 5.00. The monoisotopic (exact) mass is 228 g/mol. The van der Waals surface area contributed by atoms with Gasteiger partial charge in [-0.15, -0.1) is 0 Å². The summed E-state index contributed by atoms with van der Waals surface area (Å²) in [5.74, 6) is -4.41. The van der Waals surface area contributed by atoms with Gasteiger partial charge in [-0.2, -0.15) is 8.42 Å². The number of hydrogen-bond acceptors (Lipinski definition) is 7. The normalized spacial score (nSPS) is 13.4. The minimum Gasteiger partial charge on any atom is -0.393 e. The first-order chi connectivity index (χ1) is 6.26. The minimum absolute atomic E-state index is 0.960. The summed E-state index contributed by atoms with van der Waals surface area (Å²) in [4.78, 5) is 21.1. The predicted molar refractivity (Wildman–Crippen MR) is 40.6 cm³/mol. The number of rotatable bonds is 4. The van der Waals surface area contributed by atoms with Crippen molar-refractivity contribution < 1.29 is 37.5 Å². The number of aliphatic hydroxyl groups excluding tert-OH is 2. The molecule has 0 radical (unpaired) electrons. The number of esters is 2. The van der Waals surface area contributed by atoms with Gasteiger partial charge in [0.2, 0.25) is 0 Å². The quantitative estimate of drug-likeness (QED) is 0.268. The third kappa shape index (κ3) is 5.59. The lowest BCUT2D eigenvalue weighted by Gasteiger charge is -2.04. The van der Waals surface area contributed by atoms with E-state index in [2.05, 4.69) is 4.74 Å². The van der Waals surface area contributed by atoms with Gasteiger partial charge in [0.25, 0.3) is 10.1 Å². The highest BCUT2D eigenvalue weighted by atomic mass is 32.2. The maximum absolute atomic E-state index is 10.5. The highest BCUT2D eigenvalue weighted by Gasteiger charge is 2.22. The third-order valence-electron chi connectivity index (χ3n) is 0.960. The fourth-order valence-corrected chi connectivity index (χ4v) is 0.790. The number of ether oxygens (including phenoxy) is 1. The number of carbonyl (C=O) groups excluding carboxylic acids is 2. The van der Waals surface area contributed by atoms with E-state index in [1.807, 2.05) is 0 Å². The largest absolute Gasteiger partial charge is 0.393 e. The van der Waals surface area contributed by atoms with Crippen molar-refractivity contribution in [3.05, 3.63) is 0 Å². The van der Waals surface area contributed by atoms with Crippen LogP contribution in [0, 0.1) is 0 Å². The van der Waals surface area contributed by atoms with Gasteiger partial charge < -0.3 is 14.9 Å². The van der Waals surface area contributed by atoms with E-state index in [9.17, 15) is 18.0 Å². The Labute approximate surface area is 78.9 Å². The molecular formula is C5H8O8S. The average Bonchev–Trinajstić information content (AvgIpc) is 1.99. The first-order valence-corrected chi connectivity index (χ1v) is 4.86. The lowest BCUT2D eigenvalue weighted by atomic mass is 10.4. The molecule has 0 saturated carbocycles. The molecule has 0 aliphatic heterocycles. The van der Waals surface area contributed by atoms with Crippen LogP contribution in [-0.2, 0) is 24.4 Å². The summed E-state index contributed by atoms with van der Waals surface area (Å²) in [6.07, 6.45) is -1.92. The standard InChI is InChI=1S/C5H8O8S/c6-1-3(7)5(9)13-4(8)2-14(10,11)12/h3,6-7H,1-2H2,(H,10,11,12). The lowest BCUT2D eigenvalue weighted by molar-refractivity contribution is -0.165. The maximum atomic E-state index is 10.5. The van der Waals surface area contributed by atoms with E-state index >= 15 is 0 Å². The van der Waals surface area contributed by atoms with E-state index in [0.717, 1.165) is 0 Å². The van der Waals surface area contributed by atoms with Crippen LogP contribution in [0.1, 0.15) is 0 Å². The van der Waals surface area contributed by atoms with Gasteiger partial charge in [0.1, 0.15) is 0 Å². The van der Waals surface area contributed by atoms with Crippen molar-refractivity contribution in [1.29, 1.82) is 0 Å². The van der Waals surface area contributed by atoms with Gasteiger partial charge >= 0.3 is 11.9 Å². The summed E-state index contributed by atoms with van der Waals surface area (Å²) in [6, 6.07) is 0. The molecule has 0 aromatic heterocycles. The van der Waals surface area contributed by atoms with E-state index in [0.29, 0.717) is 0 Å². The third-order valence-corrected chi connectivity index (χ3v) is 1.56. The molecule has 1 atom stereocenters. The first kappa shape index (κ1) is 13.0. The molecule has 0 amide bonds. The first-order valence-electron chi connectivity index (χ1n) is 3.25. The molecule has 0 aromatic rings. The van der Waals surface area contributed by atoms with Crippen molar-refractivity contribution in [2.24, 2.45) is 0 Å². The molecule has 0 aliphatic rings. The fraction of sp³-hybridized carbons (Fsp3) is 0.600. The van der Waals surface area contributed by atoms with E-state index in [4.69, 9.17) is 14.8 Å². The number of aliphatic hydroxyl groups is 2. The lowest BCUT2D eigenvalue weighted by Crippen LogP contribution is -2.31. The van der Waals surface area contributed by atoms with E-state index in [1.165, 1.54) is 0 Å². The summed E-state index contributed by atoms with van der Waals surface area (Å²) in [7, 11) is -4.57. The van der Waals surface area contributed by atoms with Crippen LogP contribution in [0.2, 0.25) is 0 Å². The Balaban J connectivity index is 4.15. The summed E-state index contributed by atoms with van der Waals surface area (Å²) >= 11 is 0. The molecule has 0 saturated heterocycles. The van der Waals surface area contributed by atoms with E-state index in [-0.39, 0.29) is 0 Å². The van der Waals surface area contributed by atoms with Gasteiger partial charge in [-0.3, -0.25) is 9.35 Å². The van der Waals surface area contributed by atoms with E-state index in [1.54, 1.807) is 0 Å². The SMILES string of the molecule is O=C(CS(=O)(=O)O)OC(=O)C(O)CO. The van der Waals surface area contributed by atoms with Crippen LogP contribution in [0.4, 0.5) is 0 Å². The summed E-state index contributed by atoms with van der Waals surface area (Å²) < 4.78 is 32.1. The van der Waals surface area contributed by atoms with Gasteiger partial charge in [0.05, 0.1) is 6.61 Å². The molecule has 0 bridgehead atoms. The van der Waals surface area contributed by atoms with Crippen molar-refractivity contribution >= 4 is 22.1 Å². The zero-order valence-electron chi connectivity index (χ0n) is 6.78. The van der Waals surface area contributed by atoms with Crippen LogP contribution in [0.3, 0.4) is 0 Å². The number of carbonyl (C=O) groups is 2. The Kier molecular flexibility index (Phi) is 4.63. The minimum atomic E-state index is -4.57. The van der Waals surface area contributed by atoms with Crippen molar-refractivity contribution in [2.45, 2.75) is 6.10 Å². The molecule has 3 N–H and O–H groups in total. The molecule has 14 heavy (non-hydrogen) atoms. The Morgan fingerprint density at radius 2 is 1.86 bits per heavy atom. The molecule has 82 valence electrons. The molecule has 9 heteroatoms. The highest BCUT2D eigenvalue weighted by Crippen LogP contribution is 1.91. The van der Waals surface area contributed by atoms with E-state index < -0.39 is 40.5 Å². The maximum Gasteiger partial charge on any atom is 0.345 e. The Hall–Kier alpha value is -1.03. The van der Waals surface area contributed by atoms with Gasteiger partial charge in [0.15, 0.2) is 11.9 Å². The molecule has 0 heterocycles. The second-order valence-corrected chi connectivity index (χ2v) is 3.67. The zero-order valence-corrected chi connectivity index (χ0v) is 7.60. The van der Waals surface area contributed by atoms with Gasteiger partial charge in [-0.05, 0) is 0 Å². The Morgan fingerprint density at radius 1 is 1.36 bits per heavy atom. The smallest absolute Gasteiger partial charge is 0.345 e.